The summed E-state index contributed by atoms with van der Waals surface area (Å²) in [7, 11) is 0. The summed E-state index contributed by atoms with van der Waals surface area (Å²) >= 11 is 7.68. The quantitative estimate of drug-likeness (QED) is 0.355. The van der Waals surface area contributed by atoms with Crippen LogP contribution in [0.2, 0.25) is 0 Å². The molecule has 0 radical (unpaired) electrons. The maximum atomic E-state index is 11.2. The average Bonchev–Trinajstić information content (AvgIpc) is 3.40. The van der Waals surface area contributed by atoms with Crippen LogP contribution >= 0.6 is 47.0 Å². The molecule has 4 atom stereocenters. The van der Waals surface area contributed by atoms with Gasteiger partial charge in [-0.3, -0.25) is 0 Å². The number of rotatable bonds is 10. The van der Waals surface area contributed by atoms with E-state index in [4.69, 9.17) is 9.47 Å². The van der Waals surface area contributed by atoms with Gasteiger partial charge in [0.25, 0.3) is 0 Å². The van der Waals surface area contributed by atoms with Gasteiger partial charge in [0, 0.05) is 34.2 Å². The molecule has 0 aromatic heterocycles. The molecule has 4 unspecified atom stereocenters. The van der Waals surface area contributed by atoms with Crippen molar-refractivity contribution in [3.63, 3.8) is 0 Å². The third-order valence-electron chi connectivity index (χ3n) is 4.61. The van der Waals surface area contributed by atoms with Crippen LogP contribution in [0, 0.1) is 0 Å². The molecule has 162 valence electrons. The van der Waals surface area contributed by atoms with Crippen molar-refractivity contribution in [3.8, 4) is 0 Å². The topological polar surface area (TPSA) is 52.6 Å². The van der Waals surface area contributed by atoms with Gasteiger partial charge in [-0.2, -0.15) is 0 Å². The minimum Gasteiger partial charge on any atom is -0.461 e. The van der Waals surface area contributed by atoms with Crippen LogP contribution in [0.25, 0.3) is 0 Å². The summed E-state index contributed by atoms with van der Waals surface area (Å²) in [6, 6.07) is 8.93. The zero-order valence-electron chi connectivity index (χ0n) is 16.7. The zero-order chi connectivity index (χ0) is 21.3. The van der Waals surface area contributed by atoms with Crippen LogP contribution < -0.4 is 0 Å². The third kappa shape index (κ3) is 7.62. The lowest BCUT2D eigenvalue weighted by Gasteiger charge is -2.12. The lowest BCUT2D eigenvalue weighted by molar-refractivity contribution is -0.138. The number of carbonyl (C=O) groups excluding carboxylic acids is 2. The normalized spacial score (nSPS) is 25.6. The minimum atomic E-state index is -0.345. The van der Waals surface area contributed by atoms with Crippen LogP contribution in [0.3, 0.4) is 0 Å². The maximum absolute atomic E-state index is 11.2. The molecule has 1 aromatic carbocycles. The van der Waals surface area contributed by atoms with Crippen molar-refractivity contribution in [2.24, 2.45) is 0 Å². The van der Waals surface area contributed by atoms with Gasteiger partial charge in [0.15, 0.2) is 0 Å². The summed E-state index contributed by atoms with van der Waals surface area (Å²) in [5.74, 6) is 1.33. The molecular formula is C22H26O4S4. The Balaban J connectivity index is 1.38. The smallest absolute Gasteiger partial charge is 0.330 e. The second-order valence-electron chi connectivity index (χ2n) is 6.94. The summed E-state index contributed by atoms with van der Waals surface area (Å²) in [6.45, 7) is 7.78. The van der Waals surface area contributed by atoms with E-state index in [2.05, 4.69) is 37.4 Å². The van der Waals surface area contributed by atoms with E-state index >= 15 is 0 Å². The van der Waals surface area contributed by atoms with Gasteiger partial charge < -0.3 is 9.47 Å². The Labute approximate surface area is 195 Å². The van der Waals surface area contributed by atoms with Gasteiger partial charge >= 0.3 is 11.9 Å². The molecular weight excluding hydrogens is 457 g/mol. The van der Waals surface area contributed by atoms with Gasteiger partial charge in [-0.1, -0.05) is 37.4 Å². The molecule has 0 amide bonds. The summed E-state index contributed by atoms with van der Waals surface area (Å²) in [6.07, 6.45) is 4.47. The first-order valence-corrected chi connectivity index (χ1v) is 13.7. The zero-order valence-corrected chi connectivity index (χ0v) is 20.0. The number of thioether (sulfide) groups is 4. The number of benzene rings is 1. The van der Waals surface area contributed by atoms with Crippen molar-refractivity contribution in [1.29, 1.82) is 0 Å². The number of esters is 2. The van der Waals surface area contributed by atoms with Crippen molar-refractivity contribution < 1.29 is 19.1 Å². The molecule has 1 aromatic rings. The van der Waals surface area contributed by atoms with Gasteiger partial charge in [0.2, 0.25) is 0 Å². The molecule has 2 fully saturated rings. The molecule has 4 nitrogen and oxygen atoms in total. The standard InChI is InChI=1S/C22H26O4S4/c1-3-19(23)25-11-17-13-27-21(29-17)9-15-5-7-16(8-6-15)10-22-28-14-18(30-22)12-26-20(24)4-2/h3-8,17-18,21-22H,1-2,9-14H2. The Kier molecular flexibility index (Phi) is 9.62. The predicted molar refractivity (Wildman–Crippen MR) is 131 cm³/mol. The number of hydrogen-bond acceptors (Lipinski definition) is 8. The van der Waals surface area contributed by atoms with E-state index in [9.17, 15) is 9.59 Å². The van der Waals surface area contributed by atoms with E-state index < -0.39 is 0 Å². The van der Waals surface area contributed by atoms with Crippen LogP contribution in [0.4, 0.5) is 0 Å². The van der Waals surface area contributed by atoms with Gasteiger partial charge in [-0.15, -0.1) is 47.0 Å². The molecule has 0 N–H and O–H groups in total. The first-order chi connectivity index (χ1) is 14.6. The average molecular weight is 483 g/mol. The summed E-state index contributed by atoms with van der Waals surface area (Å²) in [4.78, 5) is 22.4. The van der Waals surface area contributed by atoms with Gasteiger partial charge in [0.1, 0.15) is 13.2 Å². The highest BCUT2D eigenvalue weighted by molar-refractivity contribution is 8.20. The van der Waals surface area contributed by atoms with Crippen LogP contribution in [0.5, 0.6) is 0 Å². The van der Waals surface area contributed by atoms with E-state index in [0.717, 1.165) is 24.3 Å². The molecule has 0 bridgehead atoms. The molecule has 2 heterocycles. The Bertz CT molecular complexity index is 689. The van der Waals surface area contributed by atoms with Crippen molar-refractivity contribution in [2.75, 3.05) is 24.7 Å². The Morgan fingerprint density at radius 1 is 0.833 bits per heavy atom. The molecule has 0 aliphatic carbocycles. The van der Waals surface area contributed by atoms with E-state index in [1.807, 2.05) is 47.0 Å². The maximum Gasteiger partial charge on any atom is 0.330 e. The van der Waals surface area contributed by atoms with Crippen LogP contribution in [-0.2, 0) is 31.9 Å². The van der Waals surface area contributed by atoms with E-state index in [0.29, 0.717) is 32.9 Å². The molecule has 0 spiro atoms. The van der Waals surface area contributed by atoms with Crippen LogP contribution in [0.15, 0.2) is 49.6 Å². The van der Waals surface area contributed by atoms with Crippen LogP contribution in [0.1, 0.15) is 11.1 Å². The van der Waals surface area contributed by atoms with E-state index in [-0.39, 0.29) is 11.9 Å². The Morgan fingerprint density at radius 2 is 1.23 bits per heavy atom. The van der Waals surface area contributed by atoms with Crippen LogP contribution in [-0.4, -0.2) is 56.3 Å². The monoisotopic (exact) mass is 482 g/mol. The SMILES string of the molecule is C=CC(=O)OCC1CSC(Cc2ccc(CC3SCC(COC(=O)C=C)S3)cc2)S1. The number of ether oxygens (including phenoxy) is 2. The molecule has 0 saturated carbocycles. The molecule has 2 aliphatic rings. The highest BCUT2D eigenvalue weighted by atomic mass is 32.2. The minimum absolute atomic E-state index is 0.345. The first-order valence-electron chi connectivity index (χ1n) is 9.76. The molecule has 8 heteroatoms. The molecule has 3 rings (SSSR count). The van der Waals surface area contributed by atoms with Crippen molar-refractivity contribution in [3.05, 3.63) is 60.7 Å². The highest BCUT2D eigenvalue weighted by Crippen LogP contribution is 2.41. The van der Waals surface area contributed by atoms with Gasteiger partial charge in [-0.05, 0) is 24.0 Å². The number of hydrogen-bond donors (Lipinski definition) is 0. The van der Waals surface area contributed by atoms with Gasteiger partial charge in [0.05, 0.1) is 9.16 Å². The fourth-order valence-corrected chi connectivity index (χ4v) is 9.61. The highest BCUT2D eigenvalue weighted by Gasteiger charge is 2.28. The Morgan fingerprint density at radius 3 is 1.60 bits per heavy atom. The Hall–Kier alpha value is -0.960. The van der Waals surface area contributed by atoms with Gasteiger partial charge in [-0.25, -0.2) is 9.59 Å². The van der Waals surface area contributed by atoms with Crippen molar-refractivity contribution >= 4 is 59.0 Å². The summed E-state index contributed by atoms with van der Waals surface area (Å²) in [5.41, 5.74) is 2.68. The second-order valence-corrected chi connectivity index (χ2v) is 13.0. The molecule has 2 saturated heterocycles. The third-order valence-corrected chi connectivity index (χ3v) is 11.1. The first kappa shape index (κ1) is 23.7. The summed E-state index contributed by atoms with van der Waals surface area (Å²) < 4.78 is 11.3. The summed E-state index contributed by atoms with van der Waals surface area (Å²) in [5, 5.41) is 0.719. The van der Waals surface area contributed by atoms with Crippen molar-refractivity contribution in [2.45, 2.75) is 32.5 Å². The van der Waals surface area contributed by atoms with E-state index in [1.165, 1.54) is 23.3 Å². The fourth-order valence-electron chi connectivity index (χ4n) is 3.07. The lowest BCUT2D eigenvalue weighted by Crippen LogP contribution is -2.14. The largest absolute Gasteiger partial charge is 0.461 e. The molecule has 2 aliphatic heterocycles. The fraction of sp³-hybridized carbons (Fsp3) is 0.455. The second kappa shape index (κ2) is 12.2. The lowest BCUT2D eigenvalue weighted by atomic mass is 10.1. The molecule has 30 heavy (non-hydrogen) atoms. The van der Waals surface area contributed by atoms with Crippen molar-refractivity contribution in [1.82, 2.24) is 0 Å². The number of carbonyl (C=O) groups is 2. The predicted octanol–water partition coefficient (Wildman–Crippen LogP) is 4.58. The van der Waals surface area contributed by atoms with E-state index in [1.54, 1.807) is 0 Å².